The number of carbonyl (C=O) groups is 1. The highest BCUT2D eigenvalue weighted by molar-refractivity contribution is 5.85. The fourth-order valence-corrected chi connectivity index (χ4v) is 6.78. The van der Waals surface area contributed by atoms with E-state index in [0.717, 1.165) is 69.3 Å². The van der Waals surface area contributed by atoms with Gasteiger partial charge in [-0.1, -0.05) is 101 Å². The summed E-state index contributed by atoms with van der Waals surface area (Å²) in [5.74, 6) is 2.28. The first-order chi connectivity index (χ1) is 22.1. The van der Waals surface area contributed by atoms with Crippen molar-refractivity contribution in [3.8, 4) is 11.5 Å². The van der Waals surface area contributed by atoms with Crippen molar-refractivity contribution in [2.45, 2.75) is 110 Å². The Morgan fingerprint density at radius 1 is 0.826 bits per heavy atom. The average Bonchev–Trinajstić information content (AvgIpc) is 3.38. The maximum Gasteiger partial charge on any atom is 0.337 e. The molecule has 256 valence electrons. The van der Waals surface area contributed by atoms with Crippen LogP contribution in [0, 0.1) is 5.92 Å². The zero-order valence-corrected chi connectivity index (χ0v) is 29.5. The Labute approximate surface area is 284 Å². The molecule has 0 atom stereocenters. The molecule has 1 aliphatic carbocycles. The monoisotopic (exact) mass is 655 g/mol. The van der Waals surface area contributed by atoms with E-state index in [2.05, 4.69) is 42.2 Å². The van der Waals surface area contributed by atoms with Crippen LogP contribution in [-0.2, 0) is 27.2 Å². The van der Waals surface area contributed by atoms with E-state index in [4.69, 9.17) is 18.9 Å². The van der Waals surface area contributed by atoms with Crippen LogP contribution in [0.4, 0.5) is 0 Å². The normalized spacial score (nSPS) is 15.0. The molecule has 46 heavy (non-hydrogen) atoms. The largest absolute Gasteiger partial charge is 0.493 e. The summed E-state index contributed by atoms with van der Waals surface area (Å²) in [6.07, 6.45) is 18.2. The third-order valence-electron chi connectivity index (χ3n) is 9.40. The summed E-state index contributed by atoms with van der Waals surface area (Å²) in [6, 6.07) is 14.7. The van der Waals surface area contributed by atoms with E-state index < -0.39 is 0 Å². The number of nitrogens with zero attached hydrogens (tertiary/aromatic N) is 1. The van der Waals surface area contributed by atoms with Gasteiger partial charge in [-0.05, 0) is 79.9 Å². The minimum atomic E-state index is -0.328. The number of piperidine rings is 1. The Hall–Kier alpha value is -2.54. The van der Waals surface area contributed by atoms with Crippen molar-refractivity contribution in [1.82, 2.24) is 4.90 Å². The quantitative estimate of drug-likeness (QED) is 0.0986. The minimum absolute atomic E-state index is 0. The van der Waals surface area contributed by atoms with E-state index >= 15 is 0 Å². The molecule has 1 heterocycles. The second kappa shape index (κ2) is 21.4. The number of benzene rings is 2. The van der Waals surface area contributed by atoms with Gasteiger partial charge in [-0.25, -0.2) is 4.79 Å². The lowest BCUT2D eigenvalue weighted by Crippen LogP contribution is -2.33. The van der Waals surface area contributed by atoms with Crippen LogP contribution in [-0.4, -0.2) is 51.4 Å². The average molecular weight is 656 g/mol. The first kappa shape index (κ1) is 37.9. The maximum absolute atomic E-state index is 13.0. The standard InChI is InChI=1S/C39H57NO5.ClH/c1-4-5-6-7-8-9-10-11-12-13-17-24-44-30-38(41)45-39-34(26-33-27-36(42-2)37(43-3)28-35(33)39)25-31-20-22-40(23-21-31)29-32-18-15-14-16-19-32;/h14-16,18-19,27-28,31H,4-13,17,20-26,29-30H2,1-3H3;1H. The second-order valence-corrected chi connectivity index (χ2v) is 12.9. The van der Waals surface area contributed by atoms with Gasteiger partial charge in [-0.2, -0.15) is 0 Å². The van der Waals surface area contributed by atoms with Crippen LogP contribution < -0.4 is 9.47 Å². The molecule has 2 aromatic rings. The van der Waals surface area contributed by atoms with Gasteiger partial charge in [0.1, 0.15) is 12.4 Å². The third kappa shape index (κ3) is 12.2. The van der Waals surface area contributed by atoms with Gasteiger partial charge in [0.05, 0.1) is 14.2 Å². The number of fused-ring (bicyclic) bond motifs is 1. The number of ether oxygens (including phenoxy) is 4. The Kier molecular flexibility index (Phi) is 17.6. The number of hydrogen-bond acceptors (Lipinski definition) is 6. The number of rotatable bonds is 21. The first-order valence-electron chi connectivity index (χ1n) is 17.6. The molecule has 0 bridgehead atoms. The summed E-state index contributed by atoms with van der Waals surface area (Å²) in [6.45, 7) is 6.02. The topological polar surface area (TPSA) is 57.2 Å². The zero-order valence-electron chi connectivity index (χ0n) is 28.7. The van der Waals surface area contributed by atoms with Crippen molar-refractivity contribution in [2.24, 2.45) is 5.92 Å². The second-order valence-electron chi connectivity index (χ2n) is 12.9. The van der Waals surface area contributed by atoms with Crippen LogP contribution in [0.25, 0.3) is 5.76 Å². The molecule has 0 unspecified atom stereocenters. The highest BCUT2D eigenvalue weighted by Crippen LogP contribution is 2.43. The van der Waals surface area contributed by atoms with Crippen molar-refractivity contribution in [2.75, 3.05) is 40.5 Å². The van der Waals surface area contributed by atoms with Crippen molar-refractivity contribution >= 4 is 24.1 Å². The van der Waals surface area contributed by atoms with Crippen molar-refractivity contribution in [1.29, 1.82) is 0 Å². The van der Waals surface area contributed by atoms with Crippen molar-refractivity contribution in [3.63, 3.8) is 0 Å². The molecular formula is C39H58ClNO5. The molecule has 1 aliphatic heterocycles. The van der Waals surface area contributed by atoms with E-state index in [-0.39, 0.29) is 25.0 Å². The Morgan fingerprint density at radius 2 is 1.43 bits per heavy atom. The summed E-state index contributed by atoms with van der Waals surface area (Å²) in [4.78, 5) is 15.5. The number of unbranched alkanes of at least 4 members (excludes halogenated alkanes) is 10. The molecule has 0 saturated carbocycles. The molecule has 0 spiro atoms. The third-order valence-corrected chi connectivity index (χ3v) is 9.40. The van der Waals surface area contributed by atoms with Gasteiger partial charge in [0.25, 0.3) is 0 Å². The van der Waals surface area contributed by atoms with E-state index in [1.54, 1.807) is 14.2 Å². The van der Waals surface area contributed by atoms with Crippen LogP contribution in [0.15, 0.2) is 48.0 Å². The number of esters is 1. The predicted octanol–water partition coefficient (Wildman–Crippen LogP) is 9.57. The van der Waals surface area contributed by atoms with Crippen LogP contribution >= 0.6 is 12.4 Å². The van der Waals surface area contributed by atoms with Crippen LogP contribution in [0.5, 0.6) is 11.5 Å². The minimum Gasteiger partial charge on any atom is -0.493 e. The lowest BCUT2D eigenvalue weighted by atomic mass is 9.89. The van der Waals surface area contributed by atoms with Crippen molar-refractivity contribution in [3.05, 3.63) is 64.7 Å². The molecular weight excluding hydrogens is 598 g/mol. The van der Waals surface area contributed by atoms with E-state index in [9.17, 15) is 4.79 Å². The van der Waals surface area contributed by atoms with Gasteiger partial charge in [0.15, 0.2) is 11.5 Å². The van der Waals surface area contributed by atoms with Crippen LogP contribution in [0.1, 0.15) is 114 Å². The Bertz CT molecular complexity index is 1190. The lowest BCUT2D eigenvalue weighted by Gasteiger charge is -2.32. The van der Waals surface area contributed by atoms with Gasteiger partial charge < -0.3 is 18.9 Å². The molecule has 6 nitrogen and oxygen atoms in total. The molecule has 7 heteroatoms. The molecule has 0 radical (unpaired) electrons. The number of allylic oxidation sites excluding steroid dienone is 1. The van der Waals surface area contributed by atoms with E-state index in [1.165, 1.54) is 68.9 Å². The van der Waals surface area contributed by atoms with Crippen LogP contribution in [0.3, 0.4) is 0 Å². The molecule has 2 aliphatic rings. The number of halogens is 1. The van der Waals surface area contributed by atoms with Gasteiger partial charge >= 0.3 is 5.97 Å². The van der Waals surface area contributed by atoms with Gasteiger partial charge in [-0.3, -0.25) is 4.90 Å². The smallest absolute Gasteiger partial charge is 0.337 e. The number of carbonyl (C=O) groups excluding carboxylic acids is 1. The maximum atomic E-state index is 13.0. The fraction of sp³-hybridized carbons (Fsp3) is 0.615. The lowest BCUT2D eigenvalue weighted by molar-refractivity contribution is -0.141. The number of methoxy groups -OCH3 is 2. The molecule has 1 saturated heterocycles. The van der Waals surface area contributed by atoms with E-state index in [0.29, 0.717) is 29.8 Å². The summed E-state index contributed by atoms with van der Waals surface area (Å²) < 4.78 is 23.0. The molecule has 0 aromatic heterocycles. The Morgan fingerprint density at radius 3 is 2.07 bits per heavy atom. The predicted molar refractivity (Wildman–Crippen MR) is 190 cm³/mol. The van der Waals surface area contributed by atoms with Gasteiger partial charge in [0.2, 0.25) is 0 Å². The SMILES string of the molecule is CCCCCCCCCCCCCOCC(=O)OC1=C(CC2CCN(Cc3ccccc3)CC2)Cc2cc(OC)c(OC)cc21.Cl. The molecule has 2 aromatic carbocycles. The summed E-state index contributed by atoms with van der Waals surface area (Å²) in [5, 5.41) is 0. The van der Waals surface area contributed by atoms with Crippen molar-refractivity contribution < 1.29 is 23.7 Å². The van der Waals surface area contributed by atoms with Gasteiger partial charge in [0, 0.05) is 18.7 Å². The highest BCUT2D eigenvalue weighted by atomic mass is 35.5. The number of hydrogen-bond donors (Lipinski definition) is 0. The highest BCUT2D eigenvalue weighted by Gasteiger charge is 2.30. The molecule has 0 amide bonds. The fourth-order valence-electron chi connectivity index (χ4n) is 6.78. The van der Waals surface area contributed by atoms with Crippen LogP contribution in [0.2, 0.25) is 0 Å². The summed E-state index contributed by atoms with van der Waals surface area (Å²) in [7, 11) is 3.30. The Balaban J connectivity index is 0.00000576. The zero-order chi connectivity index (χ0) is 31.7. The molecule has 0 N–H and O–H groups in total. The molecule has 1 fully saturated rings. The van der Waals surface area contributed by atoms with Gasteiger partial charge in [-0.15, -0.1) is 12.4 Å². The van der Waals surface area contributed by atoms with E-state index in [1.807, 2.05) is 12.1 Å². The summed E-state index contributed by atoms with van der Waals surface area (Å²) >= 11 is 0. The summed E-state index contributed by atoms with van der Waals surface area (Å²) in [5.41, 5.74) is 4.62. The molecule has 4 rings (SSSR count). The first-order valence-corrected chi connectivity index (χ1v) is 17.6. The number of likely N-dealkylation sites (tertiary alicyclic amines) is 1.